The van der Waals surface area contributed by atoms with Crippen molar-refractivity contribution in [2.24, 2.45) is 11.8 Å². The first-order chi connectivity index (χ1) is 11.1. The molecular formula is C20H27ClFORb. The van der Waals surface area contributed by atoms with Crippen LogP contribution in [0.5, 0.6) is 5.75 Å². The Labute approximate surface area is 199 Å². The van der Waals surface area contributed by atoms with E-state index in [1.165, 1.54) is 25.7 Å². The Bertz CT molecular complexity index is 523. The molecule has 0 bridgehead atoms. The molecule has 0 spiro atoms. The summed E-state index contributed by atoms with van der Waals surface area (Å²) in [5.74, 6) is 1.71. The van der Waals surface area contributed by atoms with Gasteiger partial charge in [-0.25, -0.2) is 4.39 Å². The minimum absolute atomic E-state index is 0. The summed E-state index contributed by atoms with van der Waals surface area (Å²) in [6, 6.07) is 3.75. The average Bonchev–Trinajstić information content (AvgIpc) is 2.58. The maximum Gasteiger partial charge on any atom is 1.00 e. The van der Waals surface area contributed by atoms with E-state index in [1.54, 1.807) is 6.07 Å². The molecule has 2 aliphatic rings. The number of benzene rings is 1. The number of hydrogen-bond acceptors (Lipinski definition) is 1. The zero-order valence-electron chi connectivity index (χ0n) is 15.0. The van der Waals surface area contributed by atoms with Gasteiger partial charge in [-0.2, -0.15) is 12.8 Å². The largest absolute Gasteiger partial charge is 1.00 e. The summed E-state index contributed by atoms with van der Waals surface area (Å²) in [7, 11) is 0. The predicted molar refractivity (Wildman–Crippen MR) is 93.5 cm³/mol. The molecule has 128 valence electrons. The van der Waals surface area contributed by atoms with Crippen molar-refractivity contribution < 1.29 is 67.3 Å². The van der Waals surface area contributed by atoms with Gasteiger partial charge in [-0.15, -0.1) is 0 Å². The molecule has 0 amide bonds. The van der Waals surface area contributed by atoms with E-state index in [0.717, 1.165) is 37.2 Å². The van der Waals surface area contributed by atoms with Gasteiger partial charge in [0, 0.05) is 0 Å². The summed E-state index contributed by atoms with van der Waals surface area (Å²) < 4.78 is 20.3. The van der Waals surface area contributed by atoms with Crippen LogP contribution in [0.4, 0.5) is 4.39 Å². The first-order valence-corrected chi connectivity index (χ1v) is 9.45. The zero-order chi connectivity index (χ0) is 16.2. The van der Waals surface area contributed by atoms with E-state index >= 15 is 0 Å². The van der Waals surface area contributed by atoms with Crippen molar-refractivity contribution >= 4 is 11.6 Å². The molecule has 1 nitrogen and oxygen atoms in total. The maximum absolute atomic E-state index is 14.6. The van der Waals surface area contributed by atoms with Crippen molar-refractivity contribution in [2.45, 2.75) is 64.2 Å². The third-order valence-electron chi connectivity index (χ3n) is 5.57. The van der Waals surface area contributed by atoms with Gasteiger partial charge in [0.1, 0.15) is 0 Å². The van der Waals surface area contributed by atoms with Gasteiger partial charge in [0.2, 0.25) is 0 Å². The average molecular weight is 423 g/mol. The minimum atomic E-state index is -0.372. The standard InChI is InChI=1S/C20H27ClFO.Rb/c1-14-7-9-15(10-8-14)13-23-18-12-11-17(19(21)20(18)22)16-5-3-2-4-6-16;/h2,11-12,14-16H,3-10,13H2,1H3;/q-1;+1. The fourth-order valence-corrected chi connectivity index (χ4v) is 4.23. The van der Waals surface area contributed by atoms with Crippen molar-refractivity contribution in [3.05, 3.63) is 35.0 Å². The summed E-state index contributed by atoms with van der Waals surface area (Å²) in [4.78, 5) is 0. The number of hydrogen-bond donors (Lipinski definition) is 0. The molecule has 0 unspecified atom stereocenters. The fraction of sp³-hybridized carbons (Fsp3) is 0.650. The van der Waals surface area contributed by atoms with Crippen LogP contribution in [0.15, 0.2) is 12.1 Å². The Balaban J connectivity index is 0.00000208. The molecule has 4 heteroatoms. The van der Waals surface area contributed by atoms with Crippen LogP contribution in [-0.2, 0) is 0 Å². The van der Waals surface area contributed by atoms with Gasteiger partial charge in [-0.1, -0.05) is 50.3 Å². The van der Waals surface area contributed by atoms with Crippen LogP contribution < -0.4 is 62.9 Å². The predicted octanol–water partition coefficient (Wildman–Crippen LogP) is 3.55. The van der Waals surface area contributed by atoms with Gasteiger partial charge in [-0.3, -0.25) is 0 Å². The van der Waals surface area contributed by atoms with Gasteiger partial charge in [0.25, 0.3) is 0 Å². The van der Waals surface area contributed by atoms with E-state index in [9.17, 15) is 4.39 Å². The second kappa shape index (κ2) is 10.4. The number of rotatable bonds is 4. The zero-order valence-corrected chi connectivity index (χ0v) is 20.7. The monoisotopic (exact) mass is 422 g/mol. The molecule has 2 fully saturated rings. The summed E-state index contributed by atoms with van der Waals surface area (Å²) in [6.07, 6.45) is 11.5. The molecule has 0 saturated heterocycles. The van der Waals surface area contributed by atoms with Crippen LogP contribution in [0.2, 0.25) is 5.02 Å². The first kappa shape index (κ1) is 21.3. The molecule has 0 N–H and O–H groups in total. The van der Waals surface area contributed by atoms with E-state index in [1.807, 2.05) is 6.07 Å². The van der Waals surface area contributed by atoms with Gasteiger partial charge in [-0.05, 0) is 42.2 Å². The summed E-state index contributed by atoms with van der Waals surface area (Å²) in [6.45, 7) is 2.91. The van der Waals surface area contributed by atoms with Gasteiger partial charge >= 0.3 is 58.2 Å². The molecule has 0 aliphatic heterocycles. The molecule has 1 aromatic carbocycles. The number of halogens is 2. The quantitative estimate of drug-likeness (QED) is 0.674. The van der Waals surface area contributed by atoms with Crippen LogP contribution in [0, 0.1) is 24.1 Å². The summed E-state index contributed by atoms with van der Waals surface area (Å²) >= 11 is 6.31. The van der Waals surface area contributed by atoms with Crippen molar-refractivity contribution in [1.82, 2.24) is 0 Å². The first-order valence-electron chi connectivity index (χ1n) is 9.07. The minimum Gasteiger partial charge on any atom is -0.490 e. The molecule has 24 heavy (non-hydrogen) atoms. The molecule has 0 atom stereocenters. The van der Waals surface area contributed by atoms with Gasteiger partial charge in [0.05, 0.1) is 11.6 Å². The van der Waals surface area contributed by atoms with Gasteiger partial charge < -0.3 is 11.2 Å². The Morgan fingerprint density at radius 1 is 1.12 bits per heavy atom. The van der Waals surface area contributed by atoms with Crippen molar-refractivity contribution in [2.75, 3.05) is 6.61 Å². The van der Waals surface area contributed by atoms with Crippen LogP contribution >= 0.6 is 11.6 Å². The van der Waals surface area contributed by atoms with E-state index in [4.69, 9.17) is 16.3 Å². The van der Waals surface area contributed by atoms with Crippen LogP contribution in [0.3, 0.4) is 0 Å². The molecule has 2 aliphatic carbocycles. The Morgan fingerprint density at radius 2 is 1.79 bits per heavy atom. The second-order valence-electron chi connectivity index (χ2n) is 7.36. The topological polar surface area (TPSA) is 9.23 Å². The van der Waals surface area contributed by atoms with Crippen LogP contribution in [0.25, 0.3) is 0 Å². The Kier molecular flexibility index (Phi) is 9.25. The Morgan fingerprint density at radius 3 is 2.46 bits per heavy atom. The van der Waals surface area contributed by atoms with Crippen molar-refractivity contribution in [3.8, 4) is 5.75 Å². The molecule has 0 heterocycles. The maximum atomic E-state index is 14.6. The van der Waals surface area contributed by atoms with Crippen LogP contribution in [-0.4, -0.2) is 6.61 Å². The number of ether oxygens (including phenoxy) is 1. The summed E-state index contributed by atoms with van der Waals surface area (Å²) in [5, 5.41) is 0.270. The van der Waals surface area contributed by atoms with Gasteiger partial charge in [0.15, 0.2) is 11.6 Å². The van der Waals surface area contributed by atoms with Crippen molar-refractivity contribution in [1.29, 1.82) is 0 Å². The third-order valence-corrected chi connectivity index (χ3v) is 5.95. The summed E-state index contributed by atoms with van der Waals surface area (Å²) in [5.41, 5.74) is 0.955. The third kappa shape index (κ3) is 5.52. The normalized spacial score (nSPS) is 25.1. The fourth-order valence-electron chi connectivity index (χ4n) is 3.91. The van der Waals surface area contributed by atoms with E-state index in [0.29, 0.717) is 24.2 Å². The van der Waals surface area contributed by atoms with E-state index < -0.39 is 0 Å². The molecule has 0 aromatic heterocycles. The molecular weight excluding hydrogens is 396 g/mol. The molecule has 0 radical (unpaired) electrons. The van der Waals surface area contributed by atoms with Crippen LogP contribution in [0.1, 0.15) is 69.8 Å². The van der Waals surface area contributed by atoms with E-state index in [-0.39, 0.29) is 69.0 Å². The molecule has 3 rings (SSSR count). The molecule has 2 saturated carbocycles. The second-order valence-corrected chi connectivity index (χ2v) is 7.74. The van der Waals surface area contributed by atoms with Crippen molar-refractivity contribution in [3.63, 3.8) is 0 Å². The SMILES string of the molecule is CC1CCC(COc2ccc(C3CC[CH-]CC3)c(Cl)c2F)CC1.[Rb+]. The molecule has 1 aromatic rings. The Hall–Kier alpha value is 1.05. The van der Waals surface area contributed by atoms with E-state index in [2.05, 4.69) is 13.3 Å². The smallest absolute Gasteiger partial charge is 0.490 e.